The Kier molecular flexibility index (Phi) is 3.97. The van der Waals surface area contributed by atoms with Crippen LogP contribution < -0.4 is 10.1 Å². The van der Waals surface area contributed by atoms with E-state index in [-0.39, 0.29) is 5.91 Å². The third-order valence-electron chi connectivity index (χ3n) is 3.97. The molecular weight excluding hydrogens is 282 g/mol. The molecule has 1 aliphatic rings. The van der Waals surface area contributed by atoms with E-state index < -0.39 is 0 Å². The van der Waals surface area contributed by atoms with Gasteiger partial charge in [-0.15, -0.1) is 11.3 Å². The molecule has 3 nitrogen and oxygen atoms in total. The van der Waals surface area contributed by atoms with Crippen LogP contribution in [0.3, 0.4) is 0 Å². The molecular formula is C17H19NO2S. The third-order valence-corrected chi connectivity index (χ3v) is 5.03. The highest BCUT2D eigenvalue weighted by molar-refractivity contribution is 7.10. The second-order valence-corrected chi connectivity index (χ2v) is 6.55. The molecule has 0 aliphatic heterocycles. The zero-order valence-corrected chi connectivity index (χ0v) is 13.1. The Balaban J connectivity index is 1.80. The van der Waals surface area contributed by atoms with Crippen molar-refractivity contribution in [3.8, 4) is 5.75 Å². The van der Waals surface area contributed by atoms with Crippen LogP contribution in [0.2, 0.25) is 0 Å². The van der Waals surface area contributed by atoms with Crippen LogP contribution in [0, 0.1) is 5.92 Å². The van der Waals surface area contributed by atoms with Gasteiger partial charge in [0, 0.05) is 22.0 Å². The van der Waals surface area contributed by atoms with Crippen LogP contribution in [0.25, 0.3) is 0 Å². The quantitative estimate of drug-likeness (QED) is 0.925. The van der Waals surface area contributed by atoms with E-state index in [1.54, 1.807) is 18.4 Å². The van der Waals surface area contributed by atoms with Gasteiger partial charge in [-0.2, -0.15) is 0 Å². The molecule has 1 aromatic heterocycles. The number of hydrogen-bond acceptors (Lipinski definition) is 3. The van der Waals surface area contributed by atoms with E-state index in [0.29, 0.717) is 0 Å². The van der Waals surface area contributed by atoms with Gasteiger partial charge in [0.1, 0.15) is 5.75 Å². The van der Waals surface area contributed by atoms with Gasteiger partial charge in [0.2, 0.25) is 0 Å². The summed E-state index contributed by atoms with van der Waals surface area (Å²) in [7, 11) is 1.62. The number of hydrogen-bond donors (Lipinski definition) is 1. The zero-order valence-electron chi connectivity index (χ0n) is 12.3. The molecule has 21 heavy (non-hydrogen) atoms. The molecule has 0 radical (unpaired) electrons. The summed E-state index contributed by atoms with van der Waals surface area (Å²) in [6, 6.07) is 7.45. The topological polar surface area (TPSA) is 38.3 Å². The summed E-state index contributed by atoms with van der Waals surface area (Å²) in [5.74, 6) is 1.45. The fraction of sp³-hybridized carbons (Fsp3) is 0.353. The molecule has 1 atom stereocenters. The van der Waals surface area contributed by atoms with Crippen molar-refractivity contribution in [1.82, 2.24) is 0 Å². The van der Waals surface area contributed by atoms with Crippen molar-refractivity contribution < 1.29 is 9.53 Å². The van der Waals surface area contributed by atoms with Gasteiger partial charge in [-0.3, -0.25) is 4.79 Å². The van der Waals surface area contributed by atoms with Crippen molar-refractivity contribution in [2.24, 2.45) is 5.92 Å². The van der Waals surface area contributed by atoms with E-state index in [0.717, 1.165) is 35.8 Å². The minimum Gasteiger partial charge on any atom is -0.497 e. The molecule has 110 valence electrons. The Hall–Kier alpha value is -1.81. The van der Waals surface area contributed by atoms with E-state index in [2.05, 4.69) is 12.2 Å². The maximum absolute atomic E-state index is 12.5. The lowest BCUT2D eigenvalue weighted by Gasteiger charge is -2.18. The Morgan fingerprint density at radius 2 is 2.29 bits per heavy atom. The standard InChI is InChI=1S/C17H19NO2S/c1-11-6-7-14-15(10-21-16(14)8-11)17(19)18-12-4-3-5-13(9-12)20-2/h3-5,9-11H,6-8H2,1-2H3,(H,18,19). The molecule has 1 N–H and O–H groups in total. The van der Waals surface area contributed by atoms with E-state index >= 15 is 0 Å². The molecule has 0 bridgehead atoms. The molecule has 2 aromatic rings. The predicted molar refractivity (Wildman–Crippen MR) is 86.5 cm³/mol. The summed E-state index contributed by atoms with van der Waals surface area (Å²) in [5.41, 5.74) is 2.85. The van der Waals surface area contributed by atoms with Crippen LogP contribution in [0.15, 0.2) is 29.6 Å². The van der Waals surface area contributed by atoms with Crippen molar-refractivity contribution in [2.75, 3.05) is 12.4 Å². The number of benzene rings is 1. The van der Waals surface area contributed by atoms with Crippen molar-refractivity contribution in [3.63, 3.8) is 0 Å². The maximum atomic E-state index is 12.5. The lowest BCUT2D eigenvalue weighted by Crippen LogP contribution is -2.16. The molecule has 4 heteroatoms. The first kappa shape index (κ1) is 14.1. The van der Waals surface area contributed by atoms with E-state index in [4.69, 9.17) is 4.74 Å². The lowest BCUT2D eigenvalue weighted by molar-refractivity contribution is 0.102. The molecule has 0 fully saturated rings. The summed E-state index contributed by atoms with van der Waals surface area (Å²) in [6.07, 6.45) is 3.29. The minimum absolute atomic E-state index is 0.0182. The van der Waals surface area contributed by atoms with Gasteiger partial charge in [-0.25, -0.2) is 0 Å². The number of carbonyl (C=O) groups is 1. The third kappa shape index (κ3) is 2.95. The number of fused-ring (bicyclic) bond motifs is 1. The summed E-state index contributed by atoms with van der Waals surface area (Å²) in [6.45, 7) is 2.28. The number of nitrogens with one attached hydrogen (secondary N) is 1. The second-order valence-electron chi connectivity index (χ2n) is 5.59. The first-order valence-corrected chi connectivity index (χ1v) is 8.10. The smallest absolute Gasteiger partial charge is 0.256 e. The number of rotatable bonds is 3. The highest BCUT2D eigenvalue weighted by atomic mass is 32.1. The van der Waals surface area contributed by atoms with Crippen LogP contribution in [-0.4, -0.2) is 13.0 Å². The van der Waals surface area contributed by atoms with Gasteiger partial charge >= 0.3 is 0 Å². The summed E-state index contributed by atoms with van der Waals surface area (Å²) in [4.78, 5) is 13.9. The SMILES string of the molecule is COc1cccc(NC(=O)c2csc3c2CCC(C)C3)c1. The second kappa shape index (κ2) is 5.90. The van der Waals surface area contributed by atoms with Gasteiger partial charge in [0.25, 0.3) is 5.91 Å². The van der Waals surface area contributed by atoms with Gasteiger partial charge in [-0.05, 0) is 42.9 Å². The van der Waals surface area contributed by atoms with Gasteiger partial charge in [0.15, 0.2) is 0 Å². The molecule has 3 rings (SSSR count). The van der Waals surface area contributed by atoms with E-state index in [9.17, 15) is 4.79 Å². The van der Waals surface area contributed by atoms with Gasteiger partial charge < -0.3 is 10.1 Å². The summed E-state index contributed by atoms with van der Waals surface area (Å²) < 4.78 is 5.18. The first-order chi connectivity index (χ1) is 10.2. The van der Waals surface area contributed by atoms with Crippen molar-refractivity contribution in [2.45, 2.75) is 26.2 Å². The molecule has 0 saturated heterocycles. The molecule has 1 amide bonds. The number of carbonyl (C=O) groups excluding carboxylic acids is 1. The fourth-order valence-corrected chi connectivity index (χ4v) is 4.01. The number of thiophene rings is 1. The molecule has 1 aliphatic carbocycles. The van der Waals surface area contributed by atoms with E-state index in [1.165, 1.54) is 16.9 Å². The van der Waals surface area contributed by atoms with Crippen LogP contribution in [0.5, 0.6) is 5.75 Å². The molecule has 1 heterocycles. The van der Waals surface area contributed by atoms with Crippen molar-refractivity contribution in [3.05, 3.63) is 45.6 Å². The number of methoxy groups -OCH3 is 1. The Morgan fingerprint density at radius 1 is 1.43 bits per heavy atom. The van der Waals surface area contributed by atoms with E-state index in [1.807, 2.05) is 29.6 Å². The number of anilines is 1. The largest absolute Gasteiger partial charge is 0.497 e. The Bertz CT molecular complexity index is 663. The number of ether oxygens (including phenoxy) is 1. The molecule has 1 aromatic carbocycles. The van der Waals surface area contributed by atoms with Crippen LogP contribution in [-0.2, 0) is 12.8 Å². The highest BCUT2D eigenvalue weighted by Crippen LogP contribution is 2.33. The van der Waals surface area contributed by atoms with Crippen LogP contribution >= 0.6 is 11.3 Å². The van der Waals surface area contributed by atoms with Crippen LogP contribution in [0.1, 0.15) is 34.1 Å². The minimum atomic E-state index is -0.0182. The first-order valence-electron chi connectivity index (χ1n) is 7.22. The zero-order chi connectivity index (χ0) is 14.8. The summed E-state index contributed by atoms with van der Waals surface area (Å²) >= 11 is 1.72. The summed E-state index contributed by atoms with van der Waals surface area (Å²) in [5, 5.41) is 4.97. The average Bonchev–Trinajstić information content (AvgIpc) is 2.90. The van der Waals surface area contributed by atoms with Crippen molar-refractivity contribution in [1.29, 1.82) is 0 Å². The van der Waals surface area contributed by atoms with Gasteiger partial charge in [-0.1, -0.05) is 13.0 Å². The lowest BCUT2D eigenvalue weighted by atomic mass is 9.88. The predicted octanol–water partition coefficient (Wildman–Crippen LogP) is 4.13. The number of amides is 1. The Morgan fingerprint density at radius 3 is 3.10 bits per heavy atom. The molecule has 0 spiro atoms. The Labute approximate surface area is 129 Å². The molecule has 0 saturated carbocycles. The monoisotopic (exact) mass is 301 g/mol. The average molecular weight is 301 g/mol. The van der Waals surface area contributed by atoms with Crippen molar-refractivity contribution >= 4 is 22.9 Å². The normalized spacial score (nSPS) is 17.1. The fourth-order valence-electron chi connectivity index (χ4n) is 2.77. The maximum Gasteiger partial charge on any atom is 0.256 e. The van der Waals surface area contributed by atoms with Gasteiger partial charge in [0.05, 0.1) is 12.7 Å². The highest BCUT2D eigenvalue weighted by Gasteiger charge is 2.23. The van der Waals surface area contributed by atoms with Crippen LogP contribution in [0.4, 0.5) is 5.69 Å². The molecule has 1 unspecified atom stereocenters.